The van der Waals surface area contributed by atoms with Gasteiger partial charge >= 0.3 is 0 Å². The standard InChI is InChI=1S/C46H33N5/c1-46(27-11-4-12-28-46)51-39-21-10-9-20-38(39)41-36-23-22-31-26-29-50(42(31)37(36)24-25-40(41)51)35-19-13-18-34(30-35)45-48-43(32-14-5-2-6-15-32)47-44(49-45)33-16-7-3-8-17-33/h2-27,29-30H,28H2,1H3. The van der Waals surface area contributed by atoms with Crippen LogP contribution in [0.2, 0.25) is 0 Å². The second kappa shape index (κ2) is 11.5. The van der Waals surface area contributed by atoms with Crippen LogP contribution < -0.4 is 0 Å². The fraction of sp³-hybridized carbons (Fsp3) is 0.0652. The quantitative estimate of drug-likeness (QED) is 0.185. The molecule has 51 heavy (non-hydrogen) atoms. The Bertz CT molecular complexity index is 2780. The Hall–Kier alpha value is -6.59. The van der Waals surface area contributed by atoms with Crippen molar-refractivity contribution in [2.75, 3.05) is 0 Å². The molecule has 3 heterocycles. The van der Waals surface area contributed by atoms with Gasteiger partial charge in [0.15, 0.2) is 17.5 Å². The molecule has 0 radical (unpaired) electrons. The highest BCUT2D eigenvalue weighted by Gasteiger charge is 2.28. The van der Waals surface area contributed by atoms with E-state index in [1.54, 1.807) is 0 Å². The summed E-state index contributed by atoms with van der Waals surface area (Å²) in [6, 6.07) is 49.0. The van der Waals surface area contributed by atoms with Crippen molar-refractivity contribution in [3.05, 3.63) is 170 Å². The van der Waals surface area contributed by atoms with Gasteiger partial charge in [-0.2, -0.15) is 0 Å². The van der Waals surface area contributed by atoms with Crippen LogP contribution in [0.3, 0.4) is 0 Å². The van der Waals surface area contributed by atoms with Crippen LogP contribution in [-0.2, 0) is 5.54 Å². The molecule has 1 atom stereocenters. The summed E-state index contributed by atoms with van der Waals surface area (Å²) in [4.78, 5) is 14.9. The largest absolute Gasteiger partial charge is 0.331 e. The van der Waals surface area contributed by atoms with Gasteiger partial charge in [0.1, 0.15) is 0 Å². The highest BCUT2D eigenvalue weighted by molar-refractivity contribution is 6.24. The van der Waals surface area contributed by atoms with Gasteiger partial charge in [-0.3, -0.25) is 0 Å². The van der Waals surface area contributed by atoms with E-state index in [2.05, 4.69) is 125 Å². The molecule has 3 aromatic heterocycles. The molecule has 10 rings (SSSR count). The van der Waals surface area contributed by atoms with Crippen molar-refractivity contribution in [1.82, 2.24) is 24.1 Å². The van der Waals surface area contributed by atoms with Gasteiger partial charge in [0.05, 0.1) is 16.6 Å². The van der Waals surface area contributed by atoms with Crippen LogP contribution in [0, 0.1) is 0 Å². The van der Waals surface area contributed by atoms with E-state index in [1.807, 2.05) is 60.7 Å². The minimum Gasteiger partial charge on any atom is -0.331 e. The summed E-state index contributed by atoms with van der Waals surface area (Å²) in [5, 5.41) is 6.24. The molecule has 0 fully saturated rings. The predicted molar refractivity (Wildman–Crippen MR) is 210 cm³/mol. The molecule has 0 spiro atoms. The van der Waals surface area contributed by atoms with E-state index in [0.717, 1.165) is 28.8 Å². The molecule has 0 saturated carbocycles. The van der Waals surface area contributed by atoms with Crippen molar-refractivity contribution < 1.29 is 0 Å². The van der Waals surface area contributed by atoms with Crippen LogP contribution in [0.4, 0.5) is 0 Å². The molecule has 0 N–H and O–H groups in total. The minimum absolute atomic E-state index is 0.148. The zero-order valence-electron chi connectivity index (χ0n) is 28.1. The third kappa shape index (κ3) is 4.73. The van der Waals surface area contributed by atoms with Crippen molar-refractivity contribution in [2.24, 2.45) is 0 Å². The maximum atomic E-state index is 5.00. The summed E-state index contributed by atoms with van der Waals surface area (Å²) >= 11 is 0. The Balaban J connectivity index is 1.16. The molecule has 1 aliphatic rings. The third-order valence-corrected chi connectivity index (χ3v) is 10.3. The zero-order valence-corrected chi connectivity index (χ0v) is 28.1. The number of hydrogen-bond acceptors (Lipinski definition) is 3. The lowest BCUT2D eigenvalue weighted by molar-refractivity contribution is 0.437. The number of fused-ring (bicyclic) bond motifs is 7. The predicted octanol–water partition coefficient (Wildman–Crippen LogP) is 11.3. The van der Waals surface area contributed by atoms with Crippen LogP contribution in [-0.4, -0.2) is 24.1 Å². The lowest BCUT2D eigenvalue weighted by Crippen LogP contribution is -2.27. The molecule has 5 nitrogen and oxygen atoms in total. The maximum absolute atomic E-state index is 5.00. The zero-order chi connectivity index (χ0) is 33.9. The van der Waals surface area contributed by atoms with Crippen LogP contribution in [0.1, 0.15) is 13.3 Å². The Kier molecular flexibility index (Phi) is 6.61. The van der Waals surface area contributed by atoms with E-state index in [9.17, 15) is 0 Å². The number of para-hydroxylation sites is 1. The van der Waals surface area contributed by atoms with E-state index in [4.69, 9.17) is 15.0 Å². The lowest BCUT2D eigenvalue weighted by atomic mass is 9.92. The number of benzene rings is 6. The molecule has 6 aromatic carbocycles. The number of rotatable bonds is 5. The lowest BCUT2D eigenvalue weighted by Gasteiger charge is -2.31. The highest BCUT2D eigenvalue weighted by Crippen LogP contribution is 2.42. The Morgan fingerprint density at radius 1 is 0.549 bits per heavy atom. The number of nitrogens with zero attached hydrogens (tertiary/aromatic N) is 5. The van der Waals surface area contributed by atoms with E-state index < -0.39 is 0 Å². The minimum atomic E-state index is -0.148. The van der Waals surface area contributed by atoms with E-state index in [1.165, 1.54) is 43.5 Å². The average molecular weight is 656 g/mol. The van der Waals surface area contributed by atoms with Crippen molar-refractivity contribution in [3.63, 3.8) is 0 Å². The van der Waals surface area contributed by atoms with Crippen LogP contribution in [0.15, 0.2) is 170 Å². The Labute approximate surface area is 295 Å². The Morgan fingerprint density at radius 2 is 1.22 bits per heavy atom. The Morgan fingerprint density at radius 3 is 1.94 bits per heavy atom. The molecule has 1 unspecified atom stereocenters. The van der Waals surface area contributed by atoms with Gasteiger partial charge in [-0.25, -0.2) is 15.0 Å². The third-order valence-electron chi connectivity index (χ3n) is 10.3. The van der Waals surface area contributed by atoms with E-state index >= 15 is 0 Å². The second-order valence-corrected chi connectivity index (χ2v) is 13.5. The average Bonchev–Trinajstić information content (AvgIpc) is 3.79. The van der Waals surface area contributed by atoms with Gasteiger partial charge in [0.2, 0.25) is 0 Å². The molecular formula is C46H33N5. The van der Waals surface area contributed by atoms with E-state index in [-0.39, 0.29) is 5.54 Å². The first-order chi connectivity index (χ1) is 25.1. The first-order valence-electron chi connectivity index (χ1n) is 17.4. The van der Waals surface area contributed by atoms with Gasteiger partial charge in [0.25, 0.3) is 0 Å². The summed E-state index contributed by atoms with van der Waals surface area (Å²) in [6.07, 6.45) is 12.1. The molecule has 1 aliphatic carbocycles. The first-order valence-corrected chi connectivity index (χ1v) is 17.4. The number of allylic oxidation sites excluding steroid dienone is 4. The molecule has 5 heteroatoms. The fourth-order valence-corrected chi connectivity index (χ4v) is 7.89. The number of hydrogen-bond donors (Lipinski definition) is 0. The monoisotopic (exact) mass is 655 g/mol. The molecule has 0 aliphatic heterocycles. The summed E-state index contributed by atoms with van der Waals surface area (Å²) in [5.41, 5.74) is 7.43. The van der Waals surface area contributed by atoms with Crippen molar-refractivity contribution in [2.45, 2.75) is 18.9 Å². The fourth-order valence-electron chi connectivity index (χ4n) is 7.89. The first kappa shape index (κ1) is 29.3. The number of aromatic nitrogens is 5. The van der Waals surface area contributed by atoms with Gasteiger partial charge < -0.3 is 9.13 Å². The van der Waals surface area contributed by atoms with Gasteiger partial charge in [0, 0.05) is 55.6 Å². The topological polar surface area (TPSA) is 48.5 Å². The summed E-state index contributed by atoms with van der Waals surface area (Å²) in [6.45, 7) is 2.34. The van der Waals surface area contributed by atoms with Crippen LogP contribution >= 0.6 is 0 Å². The molecular weight excluding hydrogens is 623 g/mol. The van der Waals surface area contributed by atoms with Gasteiger partial charge in [-0.05, 0) is 49.1 Å². The molecule has 0 saturated heterocycles. The SMILES string of the molecule is CC1(n2c3ccccc3c3c4ccc5ccn(-c6cccc(-c7nc(-c8ccccc8)nc(-c8ccccc8)n7)c6)c5c4ccc32)C=CC=CC1. The van der Waals surface area contributed by atoms with Crippen molar-refractivity contribution in [1.29, 1.82) is 0 Å². The highest BCUT2D eigenvalue weighted by atomic mass is 15.1. The van der Waals surface area contributed by atoms with Crippen LogP contribution in [0.5, 0.6) is 0 Å². The second-order valence-electron chi connectivity index (χ2n) is 13.5. The van der Waals surface area contributed by atoms with Crippen molar-refractivity contribution in [3.8, 4) is 39.9 Å². The smallest absolute Gasteiger partial charge is 0.164 e. The molecule has 9 aromatic rings. The van der Waals surface area contributed by atoms with Crippen LogP contribution in [0.25, 0.3) is 83.3 Å². The van der Waals surface area contributed by atoms with E-state index in [0.29, 0.717) is 17.5 Å². The molecule has 0 bridgehead atoms. The summed E-state index contributed by atoms with van der Waals surface area (Å²) in [5.74, 6) is 1.94. The summed E-state index contributed by atoms with van der Waals surface area (Å²) in [7, 11) is 0. The molecule has 242 valence electrons. The summed E-state index contributed by atoms with van der Waals surface area (Å²) < 4.78 is 4.84. The van der Waals surface area contributed by atoms with Gasteiger partial charge in [-0.1, -0.05) is 133 Å². The molecule has 0 amide bonds. The van der Waals surface area contributed by atoms with Crippen molar-refractivity contribution >= 4 is 43.5 Å². The van der Waals surface area contributed by atoms with Gasteiger partial charge in [-0.15, -0.1) is 0 Å². The maximum Gasteiger partial charge on any atom is 0.164 e. The normalized spacial score (nSPS) is 15.8.